The number of nitrogens with one attached hydrogen (secondary N) is 2. The Morgan fingerprint density at radius 3 is 2.74 bits per heavy atom. The average Bonchev–Trinajstić information content (AvgIpc) is 2.90. The van der Waals surface area contributed by atoms with E-state index in [1.807, 2.05) is 12.1 Å². The van der Waals surface area contributed by atoms with E-state index in [1.165, 1.54) is 11.8 Å². The molecule has 0 aliphatic carbocycles. The number of rotatable bonds is 3. The molecule has 0 saturated heterocycles. The van der Waals surface area contributed by atoms with Crippen molar-refractivity contribution in [2.75, 3.05) is 0 Å². The van der Waals surface area contributed by atoms with Gasteiger partial charge in [-0.25, -0.2) is 9.97 Å². The lowest BCUT2D eigenvalue weighted by atomic mass is 10.4. The second kappa shape index (κ2) is 6.67. The largest absolute Gasteiger partial charge is 0.328 e. The normalized spacial score (nSPS) is 10.6. The minimum Gasteiger partial charge on any atom is -0.328 e. The zero-order valence-corrected chi connectivity index (χ0v) is 14.4. The van der Waals surface area contributed by atoms with Gasteiger partial charge in [-0.15, -0.1) is 5.92 Å². The highest BCUT2D eigenvalue weighted by Crippen LogP contribution is 2.31. The first-order chi connectivity index (χ1) is 11.1. The third-order valence-corrected chi connectivity index (χ3v) is 4.27. The average molecular weight is 364 g/mol. The van der Waals surface area contributed by atoms with Crippen molar-refractivity contribution in [2.45, 2.75) is 23.5 Å². The number of H-pyrrole nitrogens is 1. The molecule has 2 heterocycles. The predicted octanol–water partition coefficient (Wildman–Crippen LogP) is 3.72. The van der Waals surface area contributed by atoms with Gasteiger partial charge >= 0.3 is 0 Å². The summed E-state index contributed by atoms with van der Waals surface area (Å²) in [5.74, 6) is 5.80. The van der Waals surface area contributed by atoms with Crippen LogP contribution in [0.1, 0.15) is 6.92 Å². The predicted molar refractivity (Wildman–Crippen MR) is 91.8 cm³/mol. The maximum absolute atomic E-state index is 7.92. The Bertz CT molecular complexity index is 976. The smallest absolute Gasteiger partial charge is 0.173 e. The number of aromatic nitrogens is 4. The highest BCUT2D eigenvalue weighted by atomic mass is 35.5. The second-order valence-electron chi connectivity index (χ2n) is 4.60. The van der Waals surface area contributed by atoms with Gasteiger partial charge in [0.1, 0.15) is 5.52 Å². The number of benzene rings is 1. The summed E-state index contributed by atoms with van der Waals surface area (Å²) in [5, 5.41) is 9.68. The Morgan fingerprint density at radius 1 is 1.30 bits per heavy atom. The van der Waals surface area contributed by atoms with E-state index in [2.05, 4.69) is 26.8 Å². The molecule has 0 spiro atoms. The minimum atomic E-state index is 0.143. The Kier molecular flexibility index (Phi) is 4.62. The molecule has 0 radical (unpaired) electrons. The molecule has 0 saturated carbocycles. The van der Waals surface area contributed by atoms with Crippen LogP contribution in [0, 0.1) is 17.3 Å². The fraction of sp³-hybridized carbons (Fsp3) is 0.133. The first kappa shape index (κ1) is 15.9. The summed E-state index contributed by atoms with van der Waals surface area (Å²) < 4.78 is 1.80. The molecule has 3 rings (SSSR count). The Hall–Kier alpha value is -1.94. The summed E-state index contributed by atoms with van der Waals surface area (Å²) >= 11 is 13.4. The van der Waals surface area contributed by atoms with Crippen molar-refractivity contribution < 1.29 is 0 Å². The number of hydrogen-bond donors (Lipinski definition) is 2. The van der Waals surface area contributed by atoms with Crippen LogP contribution >= 0.6 is 35.0 Å². The summed E-state index contributed by atoms with van der Waals surface area (Å²) in [7, 11) is 0. The van der Waals surface area contributed by atoms with Gasteiger partial charge in [-0.1, -0.05) is 40.9 Å². The number of fused-ring (bicyclic) bond motifs is 1. The van der Waals surface area contributed by atoms with Crippen LogP contribution in [0.4, 0.5) is 0 Å². The Morgan fingerprint density at radius 2 is 2.04 bits per heavy atom. The standard InChI is InChI=1S/C15H11Cl2N5S/c1-2-3-4-22-8-19-13(18)12-14(22)21-15(20-12)23-11-6-9(16)5-10(17)7-11/h5-8,18H,4H2,1H3,(H,20,21). The highest BCUT2D eigenvalue weighted by Gasteiger charge is 2.10. The van der Waals surface area contributed by atoms with Gasteiger partial charge in [0.15, 0.2) is 16.3 Å². The van der Waals surface area contributed by atoms with Gasteiger partial charge in [0.25, 0.3) is 0 Å². The molecule has 0 aliphatic rings. The molecule has 116 valence electrons. The number of aromatic amines is 1. The van der Waals surface area contributed by atoms with Crippen LogP contribution in [0.5, 0.6) is 0 Å². The van der Waals surface area contributed by atoms with Crippen LogP contribution in [0.25, 0.3) is 11.2 Å². The topological polar surface area (TPSA) is 70.3 Å². The zero-order chi connectivity index (χ0) is 16.4. The number of imidazole rings is 1. The van der Waals surface area contributed by atoms with Gasteiger partial charge in [-0.05, 0) is 25.1 Å². The molecule has 8 heteroatoms. The van der Waals surface area contributed by atoms with Gasteiger partial charge in [-0.3, -0.25) is 5.41 Å². The molecule has 0 fully saturated rings. The van der Waals surface area contributed by atoms with Gasteiger partial charge in [0, 0.05) is 14.9 Å². The van der Waals surface area contributed by atoms with E-state index < -0.39 is 0 Å². The molecule has 1 aromatic carbocycles. The van der Waals surface area contributed by atoms with Crippen LogP contribution in [0.2, 0.25) is 10.0 Å². The maximum atomic E-state index is 7.92. The van der Waals surface area contributed by atoms with Gasteiger partial charge in [0.05, 0.1) is 12.9 Å². The molecule has 0 amide bonds. The number of hydrogen-bond acceptors (Lipinski definition) is 4. The Balaban J connectivity index is 2.03. The van der Waals surface area contributed by atoms with Crippen molar-refractivity contribution in [3.8, 4) is 11.8 Å². The summed E-state index contributed by atoms with van der Waals surface area (Å²) in [4.78, 5) is 12.6. The summed E-state index contributed by atoms with van der Waals surface area (Å²) in [5.41, 5.74) is 1.36. The molecule has 3 aromatic rings. The lowest BCUT2D eigenvalue weighted by Gasteiger charge is -2.01. The molecule has 23 heavy (non-hydrogen) atoms. The maximum Gasteiger partial charge on any atom is 0.173 e. The third kappa shape index (κ3) is 3.53. The molecule has 2 aromatic heterocycles. The van der Waals surface area contributed by atoms with Crippen LogP contribution in [-0.4, -0.2) is 19.5 Å². The summed E-state index contributed by atoms with van der Waals surface area (Å²) in [6.07, 6.45) is 1.57. The van der Waals surface area contributed by atoms with Crippen LogP contribution in [0.15, 0.2) is 34.6 Å². The van der Waals surface area contributed by atoms with E-state index in [4.69, 9.17) is 28.6 Å². The molecular weight excluding hydrogens is 353 g/mol. The fourth-order valence-electron chi connectivity index (χ4n) is 1.99. The third-order valence-electron chi connectivity index (χ3n) is 2.97. The summed E-state index contributed by atoms with van der Waals surface area (Å²) in [6, 6.07) is 5.29. The number of halogens is 2. The molecule has 0 unspecified atom stereocenters. The lowest BCUT2D eigenvalue weighted by Crippen LogP contribution is -2.12. The van der Waals surface area contributed by atoms with Gasteiger partial charge < -0.3 is 9.55 Å². The molecular formula is C15H11Cl2N5S. The van der Waals surface area contributed by atoms with E-state index in [1.54, 1.807) is 23.9 Å². The van der Waals surface area contributed by atoms with Gasteiger partial charge in [-0.2, -0.15) is 0 Å². The van der Waals surface area contributed by atoms with Crippen molar-refractivity contribution in [3.05, 3.63) is 40.1 Å². The van der Waals surface area contributed by atoms with Crippen molar-refractivity contribution in [3.63, 3.8) is 0 Å². The van der Waals surface area contributed by atoms with Crippen LogP contribution in [-0.2, 0) is 6.54 Å². The summed E-state index contributed by atoms with van der Waals surface area (Å²) in [6.45, 7) is 2.25. The van der Waals surface area contributed by atoms with Crippen LogP contribution in [0.3, 0.4) is 0 Å². The van der Waals surface area contributed by atoms with Crippen molar-refractivity contribution >= 4 is 46.1 Å². The van der Waals surface area contributed by atoms with E-state index in [9.17, 15) is 0 Å². The van der Waals surface area contributed by atoms with E-state index in [-0.39, 0.29) is 5.49 Å². The van der Waals surface area contributed by atoms with E-state index in [0.29, 0.717) is 32.9 Å². The monoisotopic (exact) mass is 363 g/mol. The Labute approximate surface area is 146 Å². The minimum absolute atomic E-state index is 0.143. The van der Waals surface area contributed by atoms with Crippen molar-refractivity contribution in [2.24, 2.45) is 0 Å². The molecule has 0 aliphatic heterocycles. The lowest BCUT2D eigenvalue weighted by molar-refractivity contribution is 0.816. The van der Waals surface area contributed by atoms with E-state index >= 15 is 0 Å². The first-order valence-corrected chi connectivity index (χ1v) is 8.17. The molecule has 0 atom stereocenters. The van der Waals surface area contributed by atoms with Gasteiger partial charge in [0.2, 0.25) is 0 Å². The molecule has 2 N–H and O–H groups in total. The van der Waals surface area contributed by atoms with Crippen LogP contribution < -0.4 is 5.49 Å². The molecule has 5 nitrogen and oxygen atoms in total. The SMILES string of the molecule is CC#CCn1cnc(=N)c2[nH]c(Sc3cc(Cl)cc(Cl)c3)nc21. The first-order valence-electron chi connectivity index (χ1n) is 6.60. The van der Waals surface area contributed by atoms with Crippen molar-refractivity contribution in [1.82, 2.24) is 19.5 Å². The second-order valence-corrected chi connectivity index (χ2v) is 6.53. The zero-order valence-electron chi connectivity index (χ0n) is 12.0. The van der Waals surface area contributed by atoms with Crippen molar-refractivity contribution in [1.29, 1.82) is 5.41 Å². The highest BCUT2D eigenvalue weighted by molar-refractivity contribution is 7.99. The number of nitrogens with zero attached hydrogens (tertiary/aromatic N) is 3. The van der Waals surface area contributed by atoms with E-state index in [0.717, 1.165) is 4.90 Å². The quantitative estimate of drug-likeness (QED) is 0.696. The fourth-order valence-corrected chi connectivity index (χ4v) is 3.53. The molecule has 0 bridgehead atoms.